The zero-order valence-electron chi connectivity index (χ0n) is 14.0. The Morgan fingerprint density at radius 2 is 1.78 bits per heavy atom. The molecule has 0 unspecified atom stereocenters. The van der Waals surface area contributed by atoms with Gasteiger partial charge in [-0.2, -0.15) is 0 Å². The van der Waals surface area contributed by atoms with Crippen molar-refractivity contribution in [3.8, 4) is 11.5 Å². The van der Waals surface area contributed by atoms with E-state index in [1.165, 1.54) is 0 Å². The number of phenolic OH excluding ortho intramolecular Hbond substituents is 1. The van der Waals surface area contributed by atoms with E-state index in [9.17, 15) is 5.11 Å². The van der Waals surface area contributed by atoms with Crippen LogP contribution >= 0.6 is 0 Å². The second kappa shape index (κ2) is 8.22. The van der Waals surface area contributed by atoms with Gasteiger partial charge in [0.2, 0.25) is 0 Å². The van der Waals surface area contributed by atoms with Crippen LogP contribution in [0.1, 0.15) is 25.0 Å². The normalized spacial score (nSPS) is 10.9. The Kier molecular flexibility index (Phi) is 6.03. The molecule has 0 fully saturated rings. The average molecular weight is 312 g/mol. The Morgan fingerprint density at radius 1 is 1.09 bits per heavy atom. The molecule has 4 nitrogen and oxygen atoms in total. The predicted molar refractivity (Wildman–Crippen MR) is 96.0 cm³/mol. The molecule has 1 N–H and O–H groups in total. The third kappa shape index (κ3) is 4.49. The number of benzene rings is 2. The maximum atomic E-state index is 10.2. The van der Waals surface area contributed by atoms with Gasteiger partial charge >= 0.3 is 0 Å². The fourth-order valence-corrected chi connectivity index (χ4v) is 2.41. The van der Waals surface area contributed by atoms with Gasteiger partial charge in [-0.15, -0.1) is 0 Å². The molecule has 0 saturated heterocycles. The van der Waals surface area contributed by atoms with E-state index in [1.54, 1.807) is 19.4 Å². The number of methoxy groups -OCH3 is 1. The third-order valence-electron chi connectivity index (χ3n) is 3.81. The van der Waals surface area contributed by atoms with Crippen molar-refractivity contribution in [1.29, 1.82) is 0 Å². The molecule has 0 radical (unpaired) electrons. The van der Waals surface area contributed by atoms with Crippen molar-refractivity contribution in [2.45, 2.75) is 20.4 Å². The van der Waals surface area contributed by atoms with Crippen molar-refractivity contribution in [3.63, 3.8) is 0 Å². The molecule has 0 aromatic heterocycles. The Balaban J connectivity index is 2.04. The maximum absolute atomic E-state index is 10.2. The number of aliphatic imine (C=N–C) groups is 1. The van der Waals surface area contributed by atoms with Crippen molar-refractivity contribution in [3.05, 3.63) is 53.6 Å². The Labute approximate surface area is 138 Å². The molecule has 0 aliphatic carbocycles. The summed E-state index contributed by atoms with van der Waals surface area (Å²) in [7, 11) is 1.65. The van der Waals surface area contributed by atoms with Crippen LogP contribution in [0.25, 0.3) is 0 Å². The lowest BCUT2D eigenvalue weighted by Gasteiger charge is -2.21. The lowest BCUT2D eigenvalue weighted by atomic mass is 10.1. The molecule has 0 aliphatic rings. The maximum Gasteiger partial charge on any atom is 0.126 e. The van der Waals surface area contributed by atoms with Crippen LogP contribution in [-0.2, 0) is 6.54 Å². The van der Waals surface area contributed by atoms with Gasteiger partial charge < -0.3 is 14.7 Å². The van der Waals surface area contributed by atoms with Gasteiger partial charge in [-0.3, -0.25) is 4.99 Å². The summed E-state index contributed by atoms with van der Waals surface area (Å²) in [6.07, 6.45) is 1.71. The number of phenols is 1. The van der Waals surface area contributed by atoms with Crippen LogP contribution in [0, 0.1) is 0 Å². The van der Waals surface area contributed by atoms with Gasteiger partial charge in [0, 0.05) is 36.6 Å². The molecule has 0 atom stereocenters. The van der Waals surface area contributed by atoms with E-state index < -0.39 is 0 Å². The zero-order chi connectivity index (χ0) is 16.7. The summed E-state index contributed by atoms with van der Waals surface area (Å²) in [5, 5.41) is 10.2. The fourth-order valence-electron chi connectivity index (χ4n) is 2.41. The lowest BCUT2D eigenvalue weighted by Crippen LogP contribution is -2.21. The van der Waals surface area contributed by atoms with Gasteiger partial charge in [0.15, 0.2) is 0 Å². The number of anilines is 1. The summed E-state index contributed by atoms with van der Waals surface area (Å²) in [6, 6.07) is 13.5. The Bertz CT molecular complexity index is 647. The minimum atomic E-state index is 0.257. The minimum Gasteiger partial charge on any atom is -0.507 e. The highest BCUT2D eigenvalue weighted by atomic mass is 16.5. The van der Waals surface area contributed by atoms with E-state index in [2.05, 4.69) is 23.7 Å². The first-order chi connectivity index (χ1) is 11.2. The molecule has 0 spiro atoms. The summed E-state index contributed by atoms with van der Waals surface area (Å²) in [5.41, 5.74) is 2.86. The van der Waals surface area contributed by atoms with E-state index in [0.29, 0.717) is 6.54 Å². The number of nitrogens with zero attached hydrogens (tertiary/aromatic N) is 2. The molecule has 0 aliphatic heterocycles. The SMILES string of the molecule is CCN(CC)c1ccc(C=NCc2ccc(OC)cc2)c(O)c1. The Morgan fingerprint density at radius 3 is 2.35 bits per heavy atom. The standard InChI is InChI=1S/C19H24N2O2/c1-4-21(5-2)17-9-8-16(19(22)12-17)14-20-13-15-6-10-18(23-3)11-7-15/h6-12,14,22H,4-5,13H2,1-3H3. The molecular weight excluding hydrogens is 288 g/mol. The second-order valence-electron chi connectivity index (χ2n) is 5.23. The predicted octanol–water partition coefficient (Wildman–Crippen LogP) is 3.87. The molecular formula is C19H24N2O2. The summed E-state index contributed by atoms with van der Waals surface area (Å²) in [4.78, 5) is 6.60. The van der Waals surface area contributed by atoms with E-state index in [1.807, 2.05) is 36.4 Å². The van der Waals surface area contributed by atoms with Crippen molar-refractivity contribution in [2.24, 2.45) is 4.99 Å². The highest BCUT2D eigenvalue weighted by Crippen LogP contribution is 2.23. The third-order valence-corrected chi connectivity index (χ3v) is 3.81. The molecule has 122 valence electrons. The zero-order valence-corrected chi connectivity index (χ0v) is 14.0. The Hall–Kier alpha value is -2.49. The summed E-state index contributed by atoms with van der Waals surface area (Å²) >= 11 is 0. The highest BCUT2D eigenvalue weighted by molar-refractivity contribution is 5.84. The van der Waals surface area contributed by atoms with Gasteiger partial charge in [-0.1, -0.05) is 12.1 Å². The van der Waals surface area contributed by atoms with E-state index in [-0.39, 0.29) is 5.75 Å². The first-order valence-electron chi connectivity index (χ1n) is 7.88. The molecule has 23 heavy (non-hydrogen) atoms. The number of hydrogen-bond acceptors (Lipinski definition) is 4. The van der Waals surface area contributed by atoms with Gasteiger partial charge in [0.25, 0.3) is 0 Å². The molecule has 2 aromatic carbocycles. The van der Waals surface area contributed by atoms with Gasteiger partial charge in [-0.25, -0.2) is 0 Å². The highest BCUT2D eigenvalue weighted by Gasteiger charge is 2.05. The van der Waals surface area contributed by atoms with Crippen LogP contribution in [0.2, 0.25) is 0 Å². The molecule has 4 heteroatoms. The first kappa shape index (κ1) is 16.9. The largest absolute Gasteiger partial charge is 0.507 e. The van der Waals surface area contributed by atoms with Crippen LogP contribution in [0.5, 0.6) is 11.5 Å². The van der Waals surface area contributed by atoms with E-state index in [4.69, 9.17) is 4.74 Å². The topological polar surface area (TPSA) is 45.1 Å². The van der Waals surface area contributed by atoms with Crippen LogP contribution in [0.4, 0.5) is 5.69 Å². The molecule has 2 aromatic rings. The smallest absolute Gasteiger partial charge is 0.126 e. The van der Waals surface area contributed by atoms with Crippen molar-refractivity contribution < 1.29 is 9.84 Å². The van der Waals surface area contributed by atoms with E-state index >= 15 is 0 Å². The number of rotatable bonds is 7. The van der Waals surface area contributed by atoms with Crippen molar-refractivity contribution >= 4 is 11.9 Å². The molecule has 0 amide bonds. The number of aromatic hydroxyl groups is 1. The van der Waals surface area contributed by atoms with Crippen LogP contribution in [-0.4, -0.2) is 31.5 Å². The van der Waals surface area contributed by atoms with Crippen LogP contribution < -0.4 is 9.64 Å². The quantitative estimate of drug-likeness (QED) is 0.789. The molecule has 2 rings (SSSR count). The summed E-state index contributed by atoms with van der Waals surface area (Å²) in [5.74, 6) is 1.09. The molecule has 0 heterocycles. The summed E-state index contributed by atoms with van der Waals surface area (Å²) in [6.45, 7) is 6.61. The van der Waals surface area contributed by atoms with Crippen LogP contribution in [0.15, 0.2) is 47.5 Å². The van der Waals surface area contributed by atoms with Crippen molar-refractivity contribution in [1.82, 2.24) is 0 Å². The molecule has 0 saturated carbocycles. The minimum absolute atomic E-state index is 0.257. The average Bonchev–Trinajstić information content (AvgIpc) is 2.58. The first-order valence-corrected chi connectivity index (χ1v) is 7.88. The second-order valence-corrected chi connectivity index (χ2v) is 5.23. The van der Waals surface area contributed by atoms with Gasteiger partial charge in [0.1, 0.15) is 11.5 Å². The monoisotopic (exact) mass is 312 g/mol. The number of ether oxygens (including phenoxy) is 1. The van der Waals surface area contributed by atoms with Crippen LogP contribution in [0.3, 0.4) is 0 Å². The lowest BCUT2D eigenvalue weighted by molar-refractivity contribution is 0.414. The number of hydrogen-bond donors (Lipinski definition) is 1. The van der Waals surface area contributed by atoms with E-state index in [0.717, 1.165) is 35.7 Å². The van der Waals surface area contributed by atoms with Crippen molar-refractivity contribution in [2.75, 3.05) is 25.1 Å². The summed E-state index contributed by atoms with van der Waals surface area (Å²) < 4.78 is 5.13. The molecule has 0 bridgehead atoms. The van der Waals surface area contributed by atoms with Gasteiger partial charge in [0.05, 0.1) is 13.7 Å². The van der Waals surface area contributed by atoms with Gasteiger partial charge in [-0.05, 0) is 43.7 Å². The fraction of sp³-hybridized carbons (Fsp3) is 0.316.